The van der Waals surface area contributed by atoms with Gasteiger partial charge in [0.15, 0.2) is 0 Å². The monoisotopic (exact) mass is 204 g/mol. The van der Waals surface area contributed by atoms with Gasteiger partial charge in [-0.25, -0.2) is 0 Å². The first-order valence-electron chi connectivity index (χ1n) is 6.71. The third-order valence-corrected chi connectivity index (χ3v) is 6.14. The highest BCUT2D eigenvalue weighted by Crippen LogP contribution is 2.73. The van der Waals surface area contributed by atoms with Crippen LogP contribution in [0.1, 0.15) is 46.5 Å². The zero-order valence-corrected chi connectivity index (χ0v) is 10.4. The van der Waals surface area contributed by atoms with Gasteiger partial charge in [-0.05, 0) is 61.2 Å². The molecule has 0 N–H and O–H groups in total. The van der Waals surface area contributed by atoms with Crippen molar-refractivity contribution in [2.45, 2.75) is 46.5 Å². The zero-order chi connectivity index (χ0) is 10.8. The Morgan fingerprint density at radius 2 is 2.00 bits per heavy atom. The van der Waals surface area contributed by atoms with E-state index in [9.17, 15) is 0 Å². The second-order valence-electron chi connectivity index (χ2n) is 6.76. The summed E-state index contributed by atoms with van der Waals surface area (Å²) in [5.41, 5.74) is 2.17. The quantitative estimate of drug-likeness (QED) is 0.559. The van der Waals surface area contributed by atoms with Crippen molar-refractivity contribution in [2.24, 2.45) is 35.0 Å². The highest BCUT2D eigenvalue weighted by molar-refractivity contribution is 5.20. The highest BCUT2D eigenvalue weighted by atomic mass is 14.7. The first-order valence-corrected chi connectivity index (χ1v) is 6.71. The molecular formula is C15H24. The predicted molar refractivity (Wildman–Crippen MR) is 64.5 cm³/mol. The van der Waals surface area contributed by atoms with Gasteiger partial charge in [0.1, 0.15) is 0 Å². The van der Waals surface area contributed by atoms with Gasteiger partial charge >= 0.3 is 0 Å². The molecule has 0 aliphatic heterocycles. The van der Waals surface area contributed by atoms with Crippen molar-refractivity contribution in [3.63, 3.8) is 0 Å². The van der Waals surface area contributed by atoms with Crippen molar-refractivity contribution in [1.82, 2.24) is 0 Å². The third-order valence-electron chi connectivity index (χ3n) is 6.14. The van der Waals surface area contributed by atoms with Crippen LogP contribution in [0.25, 0.3) is 0 Å². The fourth-order valence-electron chi connectivity index (χ4n) is 5.44. The Bertz CT molecular complexity index is 303. The van der Waals surface area contributed by atoms with E-state index in [-0.39, 0.29) is 0 Å². The molecule has 15 heavy (non-hydrogen) atoms. The van der Waals surface area contributed by atoms with Gasteiger partial charge < -0.3 is 0 Å². The first-order chi connectivity index (χ1) is 7.05. The topological polar surface area (TPSA) is 0 Å². The fraction of sp³-hybridized carbons (Fsp3) is 0.867. The number of hydrogen-bond donors (Lipinski definition) is 0. The van der Waals surface area contributed by atoms with Gasteiger partial charge in [0, 0.05) is 0 Å². The molecule has 3 aliphatic carbocycles. The molecule has 0 radical (unpaired) electrons. The van der Waals surface area contributed by atoms with Crippen molar-refractivity contribution >= 4 is 0 Å². The van der Waals surface area contributed by atoms with E-state index in [1.807, 2.05) is 0 Å². The van der Waals surface area contributed by atoms with E-state index in [0.717, 1.165) is 29.6 Å². The Morgan fingerprint density at radius 1 is 1.27 bits per heavy atom. The van der Waals surface area contributed by atoms with Gasteiger partial charge in [0.25, 0.3) is 0 Å². The lowest BCUT2D eigenvalue weighted by Gasteiger charge is -2.57. The standard InChI is InChI=1S/C15H24/c1-9(2)11-7-8-15(4)12-6-5-10(3)13(12)14(11)15/h10-14H,1,5-8H2,2-4H3/t10-,11+,12+,13-,14+,15-/m0/s1. The summed E-state index contributed by atoms with van der Waals surface area (Å²) < 4.78 is 0. The lowest BCUT2D eigenvalue weighted by Crippen LogP contribution is -2.53. The number of hydrogen-bond acceptors (Lipinski definition) is 0. The van der Waals surface area contributed by atoms with Crippen LogP contribution >= 0.6 is 0 Å². The van der Waals surface area contributed by atoms with Crippen LogP contribution in [0.4, 0.5) is 0 Å². The van der Waals surface area contributed by atoms with Crippen molar-refractivity contribution in [1.29, 1.82) is 0 Å². The molecule has 3 rings (SSSR count). The molecule has 3 saturated carbocycles. The van der Waals surface area contributed by atoms with Crippen LogP contribution in [0, 0.1) is 35.0 Å². The van der Waals surface area contributed by atoms with Crippen LogP contribution in [0.2, 0.25) is 0 Å². The van der Waals surface area contributed by atoms with Crippen LogP contribution in [-0.4, -0.2) is 0 Å². The average molecular weight is 204 g/mol. The Morgan fingerprint density at radius 3 is 2.67 bits per heavy atom. The summed E-state index contributed by atoms with van der Waals surface area (Å²) in [5, 5.41) is 0. The van der Waals surface area contributed by atoms with Gasteiger partial charge in [-0.2, -0.15) is 0 Å². The summed E-state index contributed by atoms with van der Waals surface area (Å²) >= 11 is 0. The van der Waals surface area contributed by atoms with E-state index < -0.39 is 0 Å². The van der Waals surface area contributed by atoms with Gasteiger partial charge in [-0.3, -0.25) is 0 Å². The maximum Gasteiger partial charge on any atom is -0.0172 e. The van der Waals surface area contributed by atoms with Gasteiger partial charge in [0.05, 0.1) is 0 Å². The van der Waals surface area contributed by atoms with Gasteiger partial charge in [0.2, 0.25) is 0 Å². The fourth-order valence-corrected chi connectivity index (χ4v) is 5.44. The van der Waals surface area contributed by atoms with E-state index in [1.54, 1.807) is 0 Å². The highest BCUT2D eigenvalue weighted by Gasteiger charge is 2.66. The molecule has 0 aromatic rings. The SMILES string of the molecule is C=C(C)[C@H]1CC[C@]2(C)[C@H]1[C@@H]1[C@H]2CC[C@@H]1C. The summed E-state index contributed by atoms with van der Waals surface area (Å²) in [6.45, 7) is 11.5. The van der Waals surface area contributed by atoms with Crippen LogP contribution in [0.15, 0.2) is 12.2 Å². The minimum Gasteiger partial charge on any atom is -0.0998 e. The van der Waals surface area contributed by atoms with Crippen molar-refractivity contribution in [2.75, 3.05) is 0 Å². The summed E-state index contributed by atoms with van der Waals surface area (Å²) in [5.74, 6) is 4.98. The number of rotatable bonds is 1. The average Bonchev–Trinajstić information content (AvgIpc) is 2.62. The normalized spacial score (nSPS) is 57.1. The summed E-state index contributed by atoms with van der Waals surface area (Å²) in [6, 6.07) is 0. The van der Waals surface area contributed by atoms with E-state index in [1.165, 1.54) is 31.3 Å². The van der Waals surface area contributed by atoms with Gasteiger partial charge in [-0.15, -0.1) is 0 Å². The van der Waals surface area contributed by atoms with Crippen molar-refractivity contribution in [3.8, 4) is 0 Å². The second-order valence-corrected chi connectivity index (χ2v) is 6.76. The second kappa shape index (κ2) is 2.90. The molecule has 0 heteroatoms. The van der Waals surface area contributed by atoms with Gasteiger partial charge in [-0.1, -0.05) is 32.4 Å². The van der Waals surface area contributed by atoms with Crippen LogP contribution < -0.4 is 0 Å². The Hall–Kier alpha value is -0.260. The van der Waals surface area contributed by atoms with E-state index in [2.05, 4.69) is 27.4 Å². The molecule has 0 amide bonds. The largest absolute Gasteiger partial charge is 0.0998 e. The minimum atomic E-state index is 0.707. The summed E-state index contributed by atoms with van der Waals surface area (Å²) in [7, 11) is 0. The summed E-state index contributed by atoms with van der Waals surface area (Å²) in [4.78, 5) is 0. The molecular weight excluding hydrogens is 180 g/mol. The Kier molecular flexibility index (Phi) is 1.92. The zero-order valence-electron chi connectivity index (χ0n) is 10.4. The lowest BCUT2D eigenvalue weighted by atomic mass is 9.47. The molecule has 0 heterocycles. The molecule has 0 spiro atoms. The number of fused-ring (bicyclic) bond motifs is 4. The molecule has 0 aromatic heterocycles. The minimum absolute atomic E-state index is 0.707. The van der Waals surface area contributed by atoms with Crippen LogP contribution in [-0.2, 0) is 0 Å². The maximum absolute atomic E-state index is 4.23. The van der Waals surface area contributed by atoms with Crippen LogP contribution in [0.3, 0.4) is 0 Å². The Labute approximate surface area is 94.1 Å². The molecule has 0 bridgehead atoms. The smallest absolute Gasteiger partial charge is 0.0172 e. The van der Waals surface area contributed by atoms with Crippen molar-refractivity contribution in [3.05, 3.63) is 12.2 Å². The molecule has 0 nitrogen and oxygen atoms in total. The maximum atomic E-state index is 4.23. The predicted octanol–water partition coefficient (Wildman–Crippen LogP) is 4.27. The molecule has 0 aromatic carbocycles. The van der Waals surface area contributed by atoms with Crippen molar-refractivity contribution < 1.29 is 0 Å². The molecule has 3 fully saturated rings. The molecule has 0 saturated heterocycles. The van der Waals surface area contributed by atoms with E-state index in [0.29, 0.717) is 5.41 Å². The molecule has 84 valence electrons. The lowest BCUT2D eigenvalue weighted by molar-refractivity contribution is -0.0940. The molecule has 0 unspecified atom stereocenters. The number of allylic oxidation sites excluding steroid dienone is 1. The van der Waals surface area contributed by atoms with Crippen LogP contribution in [0.5, 0.6) is 0 Å². The first kappa shape index (κ1) is 9.93. The molecule has 3 aliphatic rings. The Balaban J connectivity index is 1.91. The summed E-state index contributed by atoms with van der Waals surface area (Å²) in [6.07, 6.45) is 5.91. The third kappa shape index (κ3) is 1.04. The van der Waals surface area contributed by atoms with E-state index >= 15 is 0 Å². The molecule has 6 atom stereocenters. The van der Waals surface area contributed by atoms with E-state index in [4.69, 9.17) is 0 Å².